The third-order valence-electron chi connectivity index (χ3n) is 2.48. The zero-order valence-corrected chi connectivity index (χ0v) is 11.8. The third kappa shape index (κ3) is 3.53. The van der Waals surface area contributed by atoms with Gasteiger partial charge in [0.05, 0.1) is 0 Å². The van der Waals surface area contributed by atoms with Crippen LogP contribution in [0.5, 0.6) is 0 Å². The Bertz CT molecular complexity index is 452. The molecule has 0 atom stereocenters. The molecule has 0 radical (unpaired) electrons. The Balaban J connectivity index is 3.18. The van der Waals surface area contributed by atoms with Crippen molar-refractivity contribution in [3.63, 3.8) is 0 Å². The predicted octanol–water partition coefficient (Wildman–Crippen LogP) is 3.08. The van der Waals surface area contributed by atoms with E-state index >= 15 is 0 Å². The van der Waals surface area contributed by atoms with E-state index < -0.39 is 0 Å². The largest absolute Gasteiger partial charge is 0.386 e. The topological polar surface area (TPSA) is 73.0 Å². The number of nitrogens with two attached hydrogens (primary N) is 1. The van der Waals surface area contributed by atoms with Crippen LogP contribution in [0.1, 0.15) is 13.8 Å². The SMILES string of the molecule is CC(C)/C(N=N)=C(\CO)[NH2+]c1c(Cl)cccc1Cl. The second-order valence-electron chi connectivity index (χ2n) is 4.11. The molecule has 0 saturated heterocycles. The van der Waals surface area contributed by atoms with E-state index in [-0.39, 0.29) is 12.5 Å². The van der Waals surface area contributed by atoms with Crippen molar-refractivity contribution in [3.8, 4) is 0 Å². The number of rotatable bonds is 5. The van der Waals surface area contributed by atoms with Crippen molar-refractivity contribution in [1.29, 1.82) is 5.53 Å². The molecule has 1 rings (SSSR count). The fourth-order valence-corrected chi connectivity index (χ4v) is 2.10. The lowest BCUT2D eigenvalue weighted by molar-refractivity contribution is -0.523. The van der Waals surface area contributed by atoms with Crippen LogP contribution in [0.3, 0.4) is 0 Å². The number of nitrogens with zero attached hydrogens (tertiary/aromatic N) is 1. The highest BCUT2D eigenvalue weighted by atomic mass is 35.5. The third-order valence-corrected chi connectivity index (χ3v) is 3.14. The maximum atomic E-state index is 9.40. The minimum atomic E-state index is -0.211. The first-order valence-corrected chi connectivity index (χ1v) is 6.27. The normalized spacial score (nSPS) is 12.6. The number of hydrogen-bond donors (Lipinski definition) is 3. The fourth-order valence-electron chi connectivity index (χ4n) is 1.60. The number of quaternary nitrogens is 1. The molecule has 1 aromatic rings. The summed E-state index contributed by atoms with van der Waals surface area (Å²) in [6.45, 7) is 3.60. The van der Waals surface area contributed by atoms with Gasteiger partial charge in [-0.15, -0.1) is 0 Å². The summed E-state index contributed by atoms with van der Waals surface area (Å²) >= 11 is 12.1. The molecule has 0 aliphatic heterocycles. The number of nitrogens with one attached hydrogen (secondary N) is 1. The smallest absolute Gasteiger partial charge is 0.172 e. The van der Waals surface area contributed by atoms with E-state index in [9.17, 15) is 5.11 Å². The van der Waals surface area contributed by atoms with Gasteiger partial charge in [-0.1, -0.05) is 43.1 Å². The van der Waals surface area contributed by atoms with Crippen LogP contribution in [0, 0.1) is 11.4 Å². The standard InChI is InChI=1S/C12H15Cl2N3O/c1-7(2)11(17-15)10(6-18)16-12-8(13)4-3-5-9(12)14/h3-5,7,15-16,18H,6H2,1-2H3/p+1/b11-10-,17-15?. The predicted molar refractivity (Wildman–Crippen MR) is 72.1 cm³/mol. The van der Waals surface area contributed by atoms with E-state index in [1.165, 1.54) is 0 Å². The Hall–Kier alpha value is -0.940. The van der Waals surface area contributed by atoms with E-state index in [1.807, 2.05) is 13.8 Å². The summed E-state index contributed by atoms with van der Waals surface area (Å²) in [5.41, 5.74) is 8.87. The molecule has 1 aromatic carbocycles. The maximum Gasteiger partial charge on any atom is 0.172 e. The van der Waals surface area contributed by atoms with Gasteiger partial charge in [0.1, 0.15) is 22.3 Å². The van der Waals surface area contributed by atoms with Crippen LogP contribution in [0.2, 0.25) is 10.0 Å². The number of aliphatic hydroxyl groups is 1. The molecule has 0 aliphatic rings. The molecule has 0 amide bonds. The second kappa shape index (κ2) is 6.85. The van der Waals surface area contributed by atoms with Gasteiger partial charge >= 0.3 is 0 Å². The highest BCUT2D eigenvalue weighted by Crippen LogP contribution is 2.26. The quantitative estimate of drug-likeness (QED) is 0.565. The van der Waals surface area contributed by atoms with Crippen LogP contribution < -0.4 is 5.32 Å². The maximum absolute atomic E-state index is 9.40. The molecule has 0 aromatic heterocycles. The number of para-hydroxylation sites is 1. The zero-order chi connectivity index (χ0) is 13.7. The van der Waals surface area contributed by atoms with Crippen molar-refractivity contribution < 1.29 is 10.4 Å². The molecule has 0 unspecified atom stereocenters. The number of halogens is 2. The Morgan fingerprint density at radius 1 is 1.39 bits per heavy atom. The average Bonchev–Trinajstić information content (AvgIpc) is 2.32. The lowest BCUT2D eigenvalue weighted by Gasteiger charge is -2.11. The number of hydrogen-bond acceptors (Lipinski definition) is 3. The molecule has 6 heteroatoms. The van der Waals surface area contributed by atoms with Gasteiger partial charge in [-0.05, 0) is 12.1 Å². The van der Waals surface area contributed by atoms with Gasteiger partial charge in [-0.3, -0.25) is 5.32 Å². The van der Waals surface area contributed by atoms with E-state index in [0.29, 0.717) is 27.1 Å². The Labute approximate surface area is 116 Å². The van der Waals surface area contributed by atoms with E-state index in [0.717, 1.165) is 0 Å². The summed E-state index contributed by atoms with van der Waals surface area (Å²) in [6, 6.07) is 5.20. The first kappa shape index (κ1) is 15.1. The van der Waals surface area contributed by atoms with E-state index in [2.05, 4.69) is 5.11 Å². The second-order valence-corrected chi connectivity index (χ2v) is 4.93. The summed E-state index contributed by atoms with van der Waals surface area (Å²) in [5.74, 6) is 0.0437. The molecule has 0 bridgehead atoms. The number of aliphatic hydroxyl groups excluding tert-OH is 1. The summed E-state index contributed by atoms with van der Waals surface area (Å²) < 4.78 is 0. The fraction of sp³-hybridized carbons (Fsp3) is 0.333. The monoisotopic (exact) mass is 288 g/mol. The lowest BCUT2D eigenvalue weighted by Crippen LogP contribution is -2.77. The van der Waals surface area contributed by atoms with Crippen molar-refractivity contribution in [1.82, 2.24) is 0 Å². The first-order valence-electron chi connectivity index (χ1n) is 5.51. The summed E-state index contributed by atoms with van der Waals surface area (Å²) in [5, 5.41) is 15.5. The lowest BCUT2D eigenvalue weighted by atomic mass is 10.1. The van der Waals surface area contributed by atoms with Crippen molar-refractivity contribution in [2.24, 2.45) is 11.0 Å². The molecule has 0 saturated carbocycles. The highest BCUT2D eigenvalue weighted by molar-refractivity contribution is 6.38. The first-order chi connectivity index (χ1) is 8.51. The van der Waals surface area contributed by atoms with Gasteiger partial charge in [-0.25, -0.2) is 5.53 Å². The zero-order valence-electron chi connectivity index (χ0n) is 10.2. The van der Waals surface area contributed by atoms with E-state index in [4.69, 9.17) is 28.7 Å². The van der Waals surface area contributed by atoms with Crippen LogP contribution in [0.4, 0.5) is 5.69 Å². The molecule has 4 N–H and O–H groups in total. The van der Waals surface area contributed by atoms with Gasteiger partial charge in [-0.2, -0.15) is 5.11 Å². The van der Waals surface area contributed by atoms with Crippen LogP contribution in [0.15, 0.2) is 34.7 Å². The molecule has 4 nitrogen and oxygen atoms in total. The molecular formula is C12H16Cl2N3O+. The molecule has 98 valence electrons. The van der Waals surface area contributed by atoms with Crippen molar-refractivity contribution >= 4 is 28.9 Å². The summed E-state index contributed by atoms with van der Waals surface area (Å²) in [7, 11) is 0. The van der Waals surface area contributed by atoms with Crippen LogP contribution in [0.25, 0.3) is 0 Å². The van der Waals surface area contributed by atoms with Crippen molar-refractivity contribution in [3.05, 3.63) is 39.6 Å². The van der Waals surface area contributed by atoms with Gasteiger partial charge in [0.15, 0.2) is 11.4 Å². The van der Waals surface area contributed by atoms with Crippen LogP contribution >= 0.6 is 23.2 Å². The Kier molecular flexibility index (Phi) is 5.75. The molecule has 18 heavy (non-hydrogen) atoms. The van der Waals surface area contributed by atoms with Crippen LogP contribution in [-0.4, -0.2) is 11.7 Å². The minimum Gasteiger partial charge on any atom is -0.386 e. The summed E-state index contributed by atoms with van der Waals surface area (Å²) in [6.07, 6.45) is 0. The van der Waals surface area contributed by atoms with Crippen molar-refractivity contribution in [2.75, 3.05) is 6.61 Å². The van der Waals surface area contributed by atoms with Gasteiger partial charge in [0, 0.05) is 5.92 Å². The van der Waals surface area contributed by atoms with Crippen LogP contribution in [-0.2, 0) is 0 Å². The van der Waals surface area contributed by atoms with Gasteiger partial charge in [0.25, 0.3) is 0 Å². The Morgan fingerprint density at radius 3 is 2.33 bits per heavy atom. The Morgan fingerprint density at radius 2 is 1.94 bits per heavy atom. The number of allylic oxidation sites excluding steroid dienone is 1. The molecule has 0 fully saturated rings. The van der Waals surface area contributed by atoms with E-state index in [1.54, 1.807) is 23.5 Å². The minimum absolute atomic E-state index is 0.0437. The molecule has 0 aliphatic carbocycles. The number of benzene rings is 1. The molecule has 0 spiro atoms. The molecule has 0 heterocycles. The summed E-state index contributed by atoms with van der Waals surface area (Å²) in [4.78, 5) is 0. The molecular weight excluding hydrogens is 273 g/mol. The van der Waals surface area contributed by atoms with Gasteiger partial charge in [0.2, 0.25) is 0 Å². The average molecular weight is 289 g/mol. The highest BCUT2D eigenvalue weighted by Gasteiger charge is 2.18. The van der Waals surface area contributed by atoms with Gasteiger partial charge < -0.3 is 5.11 Å². The van der Waals surface area contributed by atoms with Crippen molar-refractivity contribution in [2.45, 2.75) is 13.8 Å².